The molecule has 0 aliphatic rings. The summed E-state index contributed by atoms with van der Waals surface area (Å²) in [6, 6.07) is 19.6. The molecule has 4 rings (SSSR count). The number of nitrogens with one attached hydrogen (secondary N) is 1. The van der Waals surface area contributed by atoms with E-state index >= 15 is 0 Å². The van der Waals surface area contributed by atoms with Gasteiger partial charge in [-0.2, -0.15) is 8.42 Å². The number of thioether (sulfide) groups is 1. The highest BCUT2D eigenvalue weighted by molar-refractivity contribution is 7.98. The van der Waals surface area contributed by atoms with Crippen molar-refractivity contribution < 1.29 is 45.2 Å². The van der Waals surface area contributed by atoms with Crippen LogP contribution >= 0.6 is 11.8 Å². The summed E-state index contributed by atoms with van der Waals surface area (Å²) < 4.78 is 88.5. The molecule has 0 aromatic heterocycles. The molecule has 0 aliphatic heterocycles. The van der Waals surface area contributed by atoms with Gasteiger partial charge in [0.05, 0.1) is 5.69 Å². The number of anilines is 3. The Labute approximate surface area is 236 Å². The van der Waals surface area contributed by atoms with E-state index in [0.29, 0.717) is 10.1 Å². The molecule has 0 aliphatic carbocycles. The van der Waals surface area contributed by atoms with E-state index < -0.39 is 34.1 Å². The first kappa shape index (κ1) is 29.7. The van der Waals surface area contributed by atoms with Crippen LogP contribution in [-0.4, -0.2) is 30.3 Å². The minimum absolute atomic E-state index is 0.0926. The summed E-state index contributed by atoms with van der Waals surface area (Å²) in [4.78, 5) is 13.6. The fourth-order valence-electron chi connectivity index (χ4n) is 3.60. The molecule has 0 saturated heterocycles. The zero-order valence-electron chi connectivity index (χ0n) is 20.7. The molecular formula is C27H20F4N2O6S2. The second kappa shape index (κ2) is 12.1. The van der Waals surface area contributed by atoms with Crippen LogP contribution in [0, 0.1) is 5.82 Å². The predicted molar refractivity (Wildman–Crippen MR) is 145 cm³/mol. The minimum Gasteiger partial charge on any atom is -0.506 e. The molecule has 4 aromatic rings. The summed E-state index contributed by atoms with van der Waals surface area (Å²) in [7, 11) is -4.96. The summed E-state index contributed by atoms with van der Waals surface area (Å²) in [6.45, 7) is 0. The molecule has 41 heavy (non-hydrogen) atoms. The van der Waals surface area contributed by atoms with Crippen molar-refractivity contribution >= 4 is 45.0 Å². The van der Waals surface area contributed by atoms with Crippen LogP contribution in [0.3, 0.4) is 0 Å². The van der Waals surface area contributed by atoms with Gasteiger partial charge in [0.25, 0.3) is 5.91 Å². The number of hydrogen-bond acceptors (Lipinski definition) is 6. The lowest BCUT2D eigenvalue weighted by Gasteiger charge is -2.22. The number of carbonyl (C=O) groups excluding carboxylic acids is 1. The van der Waals surface area contributed by atoms with Crippen LogP contribution in [0.4, 0.5) is 34.6 Å². The lowest BCUT2D eigenvalue weighted by atomic mass is 10.2. The SMILES string of the molecule is O=C(Nc1ccc(O)c(N(c2ccc(F)cc2)S(=O)(=O)O)c1)c1ccc(SCc2ccc(OC(F)(F)F)cc2)cc1. The zero-order chi connectivity index (χ0) is 29.8. The highest BCUT2D eigenvalue weighted by Gasteiger charge is 2.31. The second-order valence-corrected chi connectivity index (χ2v) is 10.7. The molecule has 0 unspecified atom stereocenters. The first-order chi connectivity index (χ1) is 19.3. The third kappa shape index (κ3) is 8.13. The summed E-state index contributed by atoms with van der Waals surface area (Å²) in [6.07, 6.45) is -4.76. The Morgan fingerprint density at radius 2 is 1.56 bits per heavy atom. The van der Waals surface area contributed by atoms with Gasteiger partial charge in [0, 0.05) is 21.9 Å². The molecule has 8 nitrogen and oxygen atoms in total. The van der Waals surface area contributed by atoms with Gasteiger partial charge < -0.3 is 15.2 Å². The van der Waals surface area contributed by atoms with E-state index in [4.69, 9.17) is 0 Å². The average molecular weight is 609 g/mol. The topological polar surface area (TPSA) is 116 Å². The number of aromatic hydroxyl groups is 1. The fourth-order valence-corrected chi connectivity index (χ4v) is 5.23. The Hall–Kier alpha value is -4.27. The second-order valence-electron chi connectivity index (χ2n) is 8.38. The van der Waals surface area contributed by atoms with Crippen molar-refractivity contribution in [3.63, 3.8) is 0 Å². The van der Waals surface area contributed by atoms with Crippen molar-refractivity contribution in [2.75, 3.05) is 9.62 Å². The van der Waals surface area contributed by atoms with E-state index in [1.54, 1.807) is 24.3 Å². The van der Waals surface area contributed by atoms with Crippen LogP contribution in [0.2, 0.25) is 0 Å². The molecule has 0 bridgehead atoms. The maximum absolute atomic E-state index is 13.3. The molecule has 0 radical (unpaired) electrons. The average Bonchev–Trinajstić information content (AvgIpc) is 2.90. The minimum atomic E-state index is -4.96. The van der Waals surface area contributed by atoms with Gasteiger partial charge in [0.15, 0.2) is 0 Å². The summed E-state index contributed by atoms with van der Waals surface area (Å²) in [5.74, 6) is -1.60. The Bertz CT molecular complexity index is 1630. The molecule has 0 heterocycles. The Kier molecular flexibility index (Phi) is 8.75. The van der Waals surface area contributed by atoms with Crippen LogP contribution in [0.1, 0.15) is 15.9 Å². The van der Waals surface area contributed by atoms with E-state index in [2.05, 4.69) is 10.1 Å². The monoisotopic (exact) mass is 608 g/mol. The van der Waals surface area contributed by atoms with Crippen molar-refractivity contribution in [3.8, 4) is 11.5 Å². The van der Waals surface area contributed by atoms with Crippen molar-refractivity contribution in [1.29, 1.82) is 0 Å². The highest BCUT2D eigenvalue weighted by Crippen LogP contribution is 2.37. The first-order valence-electron chi connectivity index (χ1n) is 11.5. The normalized spacial score (nSPS) is 11.6. The third-order valence-electron chi connectivity index (χ3n) is 5.42. The Balaban J connectivity index is 1.43. The van der Waals surface area contributed by atoms with Gasteiger partial charge in [-0.1, -0.05) is 12.1 Å². The number of halogens is 4. The van der Waals surface area contributed by atoms with Crippen molar-refractivity contribution in [2.24, 2.45) is 0 Å². The number of hydrogen-bond donors (Lipinski definition) is 3. The van der Waals surface area contributed by atoms with Gasteiger partial charge >= 0.3 is 16.7 Å². The predicted octanol–water partition coefficient (Wildman–Crippen LogP) is 6.92. The Morgan fingerprint density at radius 3 is 2.15 bits per heavy atom. The van der Waals surface area contributed by atoms with Gasteiger partial charge in [-0.15, -0.1) is 24.9 Å². The summed E-state index contributed by atoms with van der Waals surface area (Å²) >= 11 is 1.39. The molecule has 14 heteroatoms. The molecule has 4 aromatic carbocycles. The quantitative estimate of drug-likeness (QED) is 0.0818. The van der Waals surface area contributed by atoms with Gasteiger partial charge in [0.2, 0.25) is 0 Å². The molecule has 214 valence electrons. The third-order valence-corrected chi connectivity index (χ3v) is 7.38. The Morgan fingerprint density at radius 1 is 0.927 bits per heavy atom. The van der Waals surface area contributed by atoms with Gasteiger partial charge in [-0.05, 0) is 84.4 Å². The van der Waals surface area contributed by atoms with E-state index in [1.807, 2.05) is 0 Å². The number of benzene rings is 4. The number of rotatable bonds is 9. The number of alkyl halides is 3. The number of amides is 1. The van der Waals surface area contributed by atoms with Gasteiger partial charge in [-0.25, -0.2) is 8.70 Å². The van der Waals surface area contributed by atoms with Crippen LogP contribution in [-0.2, 0) is 16.1 Å². The number of phenolic OH excluding ortho intramolecular Hbond substituents is 1. The largest absolute Gasteiger partial charge is 0.573 e. The molecule has 1 amide bonds. The van der Waals surface area contributed by atoms with Crippen LogP contribution < -0.4 is 14.4 Å². The standard InChI is InChI=1S/C27H20F4N2O6S2/c28-19-5-8-21(9-6-19)33(41(36,37)38)24-15-20(7-14-25(24)34)32-26(35)18-3-12-23(13-4-18)40-16-17-1-10-22(11-2-17)39-27(29,30)31/h1-15,34H,16H2,(H,32,35)(H,36,37,38). The molecule has 0 fully saturated rings. The van der Waals surface area contributed by atoms with E-state index in [1.165, 1.54) is 42.1 Å². The summed E-state index contributed by atoms with van der Waals surface area (Å²) in [5, 5.41) is 12.9. The highest BCUT2D eigenvalue weighted by atomic mass is 32.2. The van der Waals surface area contributed by atoms with Crippen molar-refractivity contribution in [2.45, 2.75) is 17.0 Å². The van der Waals surface area contributed by atoms with Crippen molar-refractivity contribution in [3.05, 3.63) is 108 Å². The van der Waals surface area contributed by atoms with Crippen molar-refractivity contribution in [1.82, 2.24) is 0 Å². The van der Waals surface area contributed by atoms with E-state index in [9.17, 15) is 40.4 Å². The zero-order valence-corrected chi connectivity index (χ0v) is 22.3. The summed E-state index contributed by atoms with van der Waals surface area (Å²) in [5.41, 5.74) is 0.555. The molecule has 0 spiro atoms. The van der Waals surface area contributed by atoms with Gasteiger partial charge in [0.1, 0.15) is 23.0 Å². The lowest BCUT2D eigenvalue weighted by Crippen LogP contribution is -2.25. The van der Waals surface area contributed by atoms with Crippen LogP contribution in [0.15, 0.2) is 95.9 Å². The number of ether oxygens (including phenoxy) is 1. The molecule has 0 atom stereocenters. The van der Waals surface area contributed by atoms with Crippen LogP contribution in [0.5, 0.6) is 11.5 Å². The van der Waals surface area contributed by atoms with Crippen LogP contribution in [0.25, 0.3) is 0 Å². The number of nitrogens with zero attached hydrogens (tertiary/aromatic N) is 1. The smallest absolute Gasteiger partial charge is 0.506 e. The molecule has 0 saturated carbocycles. The van der Waals surface area contributed by atoms with Gasteiger partial charge in [-0.3, -0.25) is 9.35 Å². The van der Waals surface area contributed by atoms with E-state index in [0.717, 1.165) is 46.9 Å². The molecule has 3 N–H and O–H groups in total. The maximum atomic E-state index is 13.3. The fraction of sp³-hybridized carbons (Fsp3) is 0.0741. The number of carbonyl (C=O) groups is 1. The maximum Gasteiger partial charge on any atom is 0.573 e. The van der Waals surface area contributed by atoms with E-state index in [-0.39, 0.29) is 28.4 Å². The molecular weight excluding hydrogens is 588 g/mol. The number of phenols is 1. The lowest BCUT2D eigenvalue weighted by molar-refractivity contribution is -0.274. The first-order valence-corrected chi connectivity index (χ1v) is 13.9.